The summed E-state index contributed by atoms with van der Waals surface area (Å²) in [5.74, 6) is 0.477. The number of aromatic amines is 1. The van der Waals surface area contributed by atoms with Crippen LogP contribution < -0.4 is 14.4 Å². The van der Waals surface area contributed by atoms with Crippen molar-refractivity contribution in [2.24, 2.45) is 11.3 Å². The molecule has 0 radical (unpaired) electrons. The van der Waals surface area contributed by atoms with Gasteiger partial charge in [-0.05, 0) is 76.5 Å². The van der Waals surface area contributed by atoms with Crippen LogP contribution in [0.5, 0.6) is 11.9 Å². The lowest BCUT2D eigenvalue weighted by atomic mass is 9.75. The molecule has 0 bridgehead atoms. The van der Waals surface area contributed by atoms with E-state index in [0.717, 1.165) is 76.8 Å². The fourth-order valence-corrected chi connectivity index (χ4v) is 9.27. The van der Waals surface area contributed by atoms with E-state index in [1.165, 1.54) is 7.11 Å². The fourth-order valence-electron chi connectivity index (χ4n) is 9.03. The number of halogens is 2. The number of likely N-dealkylation sites (tertiary alicyclic amines) is 1. The number of pyridine rings is 1. The van der Waals surface area contributed by atoms with E-state index >= 15 is 4.39 Å². The minimum Gasteiger partial charge on any atom is -0.480 e. The zero-order valence-electron chi connectivity index (χ0n) is 29.6. The summed E-state index contributed by atoms with van der Waals surface area (Å²) in [6.45, 7) is 8.99. The first-order chi connectivity index (χ1) is 24.7. The summed E-state index contributed by atoms with van der Waals surface area (Å²) in [5.41, 5.74) is 0.618. The molecule has 0 amide bonds. The number of benzene rings is 1. The number of fused-ring (bicyclic) bond motifs is 3. The molecule has 4 fully saturated rings. The summed E-state index contributed by atoms with van der Waals surface area (Å²) in [4.78, 5) is 19.0. The van der Waals surface area contributed by atoms with E-state index in [1.54, 1.807) is 13.1 Å². The van der Waals surface area contributed by atoms with Gasteiger partial charge in [0.1, 0.15) is 28.0 Å². The van der Waals surface area contributed by atoms with Gasteiger partial charge in [-0.25, -0.2) is 9.37 Å². The predicted molar refractivity (Wildman–Crippen MR) is 192 cm³/mol. The Morgan fingerprint density at radius 2 is 1.92 bits per heavy atom. The van der Waals surface area contributed by atoms with Crippen molar-refractivity contribution in [1.29, 1.82) is 0 Å². The largest absolute Gasteiger partial charge is 0.480 e. The number of hydrogen-bond donors (Lipinski definition) is 2. The van der Waals surface area contributed by atoms with Gasteiger partial charge in [0.25, 0.3) is 0 Å². The van der Waals surface area contributed by atoms with Crippen LogP contribution >= 0.6 is 11.6 Å². The van der Waals surface area contributed by atoms with E-state index in [4.69, 9.17) is 45.5 Å². The van der Waals surface area contributed by atoms with E-state index in [9.17, 15) is 5.11 Å². The Morgan fingerprint density at radius 3 is 2.75 bits per heavy atom. The minimum absolute atomic E-state index is 0.00105. The molecule has 14 heteroatoms. The standard InChI is InChI=1S/C37H47ClFN7O5/c1-22-16-25-24(17-40-44-25)27(29(22)38)31-30(39)32-28(34(41-31)48-3)33(46-12-15-50-20-36(2,47)19-46)43-35(42-32)51-21-37-9-4-6-26(37)45(11-5-10-37)18-23-7-13-49-14-8-23/h16-17,23,26,47H,4-15,18-21H2,1-3H3,(H,40,44). The third kappa shape index (κ3) is 6.49. The minimum atomic E-state index is -1.18. The highest BCUT2D eigenvalue weighted by Crippen LogP contribution is 2.49. The van der Waals surface area contributed by atoms with Gasteiger partial charge in [-0.3, -0.25) is 10.00 Å². The molecule has 3 aromatic heterocycles. The average molecular weight is 724 g/mol. The van der Waals surface area contributed by atoms with Crippen LogP contribution in [0.3, 0.4) is 0 Å². The molecule has 6 heterocycles. The van der Waals surface area contributed by atoms with Gasteiger partial charge < -0.3 is 29.0 Å². The first kappa shape index (κ1) is 34.7. The van der Waals surface area contributed by atoms with Gasteiger partial charge in [0, 0.05) is 48.7 Å². The summed E-state index contributed by atoms with van der Waals surface area (Å²) in [6, 6.07) is 2.36. The molecule has 12 nitrogen and oxygen atoms in total. The maximum absolute atomic E-state index is 17.2. The number of nitrogens with zero attached hydrogens (tertiary/aromatic N) is 6. The zero-order valence-corrected chi connectivity index (χ0v) is 30.4. The van der Waals surface area contributed by atoms with Gasteiger partial charge in [0.05, 0.1) is 50.2 Å². The first-order valence-corrected chi connectivity index (χ1v) is 18.6. The summed E-state index contributed by atoms with van der Waals surface area (Å²) in [7, 11) is 1.49. The normalized spacial score (nSPS) is 26.5. The van der Waals surface area contributed by atoms with Gasteiger partial charge in [-0.15, -0.1) is 0 Å². The monoisotopic (exact) mass is 723 g/mol. The van der Waals surface area contributed by atoms with Crippen molar-refractivity contribution in [3.05, 3.63) is 28.7 Å². The topological polar surface area (TPSA) is 131 Å². The maximum atomic E-state index is 17.2. The molecular formula is C37H47ClFN7O5. The van der Waals surface area contributed by atoms with Crippen molar-refractivity contribution >= 4 is 39.2 Å². The lowest BCUT2D eigenvalue weighted by molar-refractivity contribution is -0.0203. The van der Waals surface area contributed by atoms with Crippen molar-refractivity contribution in [2.75, 3.05) is 71.2 Å². The van der Waals surface area contributed by atoms with Crippen LogP contribution in [0.15, 0.2) is 12.3 Å². The van der Waals surface area contributed by atoms with Crippen molar-refractivity contribution in [2.45, 2.75) is 70.4 Å². The molecule has 2 N–H and O–H groups in total. The number of ether oxygens (including phenoxy) is 4. The molecule has 274 valence electrons. The van der Waals surface area contributed by atoms with E-state index in [0.29, 0.717) is 59.0 Å². The Balaban J connectivity index is 1.22. The van der Waals surface area contributed by atoms with Crippen LogP contribution in [0.25, 0.3) is 33.1 Å². The third-order valence-corrected chi connectivity index (χ3v) is 12.0. The van der Waals surface area contributed by atoms with Gasteiger partial charge in [0.2, 0.25) is 5.88 Å². The van der Waals surface area contributed by atoms with Gasteiger partial charge in [0.15, 0.2) is 5.82 Å². The molecule has 4 aliphatic rings. The Morgan fingerprint density at radius 1 is 1.10 bits per heavy atom. The second-order valence-electron chi connectivity index (χ2n) is 15.2. The summed E-state index contributed by atoms with van der Waals surface area (Å²) in [5, 5.41) is 19.6. The zero-order chi connectivity index (χ0) is 35.3. The second-order valence-corrected chi connectivity index (χ2v) is 15.6. The summed E-state index contributed by atoms with van der Waals surface area (Å²) >= 11 is 6.87. The van der Waals surface area contributed by atoms with E-state index in [1.807, 2.05) is 17.9 Å². The molecule has 1 aliphatic carbocycles. The Hall–Kier alpha value is -3.36. The smallest absolute Gasteiger partial charge is 0.319 e. The number of rotatable bonds is 8. The molecule has 8 rings (SSSR count). The molecule has 3 aliphatic heterocycles. The van der Waals surface area contributed by atoms with Crippen LogP contribution in [-0.4, -0.2) is 113 Å². The van der Waals surface area contributed by atoms with Crippen LogP contribution in [0.1, 0.15) is 57.4 Å². The number of β-amino-alcohol motifs (C(OH)–C–C–N with tert-alkyl or cyclic N) is 1. The average Bonchev–Trinajstić information content (AvgIpc) is 3.73. The highest BCUT2D eigenvalue weighted by molar-refractivity contribution is 6.35. The van der Waals surface area contributed by atoms with Crippen LogP contribution in [0, 0.1) is 24.1 Å². The first-order valence-electron chi connectivity index (χ1n) is 18.2. The maximum Gasteiger partial charge on any atom is 0.319 e. The Labute approximate surface area is 302 Å². The summed E-state index contributed by atoms with van der Waals surface area (Å²) < 4.78 is 41.0. The third-order valence-electron chi connectivity index (χ3n) is 11.5. The van der Waals surface area contributed by atoms with Gasteiger partial charge >= 0.3 is 6.01 Å². The molecule has 3 saturated heterocycles. The van der Waals surface area contributed by atoms with E-state index in [-0.39, 0.29) is 47.1 Å². The number of aromatic nitrogens is 5. The number of anilines is 1. The molecule has 1 aromatic carbocycles. The lowest BCUT2D eigenvalue weighted by Gasteiger charge is -2.47. The molecule has 3 atom stereocenters. The number of aryl methyl sites for hydroxylation is 1. The van der Waals surface area contributed by atoms with Gasteiger partial charge in [-0.1, -0.05) is 18.0 Å². The highest BCUT2D eigenvalue weighted by atomic mass is 35.5. The number of aliphatic hydroxyl groups is 1. The highest BCUT2D eigenvalue weighted by Gasteiger charge is 2.49. The van der Waals surface area contributed by atoms with Crippen LogP contribution in [-0.2, 0) is 9.47 Å². The Kier molecular flexibility index (Phi) is 9.45. The summed E-state index contributed by atoms with van der Waals surface area (Å²) in [6.07, 6.45) is 9.36. The van der Waals surface area contributed by atoms with Crippen molar-refractivity contribution in [1.82, 2.24) is 30.0 Å². The molecule has 0 spiro atoms. The number of nitrogens with one attached hydrogen (secondary N) is 1. The van der Waals surface area contributed by atoms with Gasteiger partial charge in [-0.2, -0.15) is 15.1 Å². The lowest BCUT2D eigenvalue weighted by Crippen LogP contribution is -2.53. The van der Waals surface area contributed by atoms with E-state index < -0.39 is 11.4 Å². The van der Waals surface area contributed by atoms with E-state index in [2.05, 4.69) is 15.1 Å². The quantitative estimate of drug-likeness (QED) is 0.232. The molecule has 1 saturated carbocycles. The van der Waals surface area contributed by atoms with Crippen molar-refractivity contribution in [3.63, 3.8) is 0 Å². The fraction of sp³-hybridized carbons (Fsp3) is 0.622. The number of piperidine rings is 1. The SMILES string of the molecule is COc1nc(-c2c(Cl)c(C)cc3[nH]ncc23)c(F)c2nc(OCC34CCCC3N(CC3CCOCC3)CCC4)nc(N3CCOCC(C)(O)C3)c12. The molecular weight excluding hydrogens is 677 g/mol. The predicted octanol–water partition coefficient (Wildman–Crippen LogP) is 5.71. The number of hydrogen-bond acceptors (Lipinski definition) is 11. The second kappa shape index (κ2) is 13.9. The number of methoxy groups -OCH3 is 1. The van der Waals surface area contributed by atoms with Crippen molar-refractivity contribution in [3.8, 4) is 23.1 Å². The molecule has 4 aromatic rings. The Bertz CT molecular complexity index is 1920. The molecule has 51 heavy (non-hydrogen) atoms. The van der Waals surface area contributed by atoms with Crippen LogP contribution in [0.4, 0.5) is 10.2 Å². The number of H-pyrrole nitrogens is 1. The van der Waals surface area contributed by atoms with Crippen LogP contribution in [0.2, 0.25) is 5.02 Å². The van der Waals surface area contributed by atoms with Crippen molar-refractivity contribution < 1.29 is 28.4 Å². The molecule has 3 unspecified atom stereocenters.